The summed E-state index contributed by atoms with van der Waals surface area (Å²) < 4.78 is 19.5. The Balaban J connectivity index is 1.60. The van der Waals surface area contributed by atoms with Gasteiger partial charge in [-0.15, -0.1) is 0 Å². The molecular formula is C23H24FN5O4. The number of fused-ring (bicyclic) bond motifs is 2. The Morgan fingerprint density at radius 1 is 1.15 bits per heavy atom. The van der Waals surface area contributed by atoms with E-state index in [-0.39, 0.29) is 30.7 Å². The van der Waals surface area contributed by atoms with Gasteiger partial charge >= 0.3 is 5.97 Å². The van der Waals surface area contributed by atoms with Gasteiger partial charge in [0.1, 0.15) is 24.9 Å². The highest BCUT2D eigenvalue weighted by atomic mass is 19.1. The maximum atomic E-state index is 13.1. The van der Waals surface area contributed by atoms with E-state index in [0.717, 1.165) is 17.5 Å². The number of ether oxygens (including phenoxy) is 1. The molecule has 1 aromatic carbocycles. The first kappa shape index (κ1) is 22.4. The minimum Gasteiger partial charge on any atom is -0.466 e. The van der Waals surface area contributed by atoms with E-state index in [1.165, 1.54) is 11.8 Å². The highest BCUT2D eigenvalue weighted by Gasteiger charge is 2.36. The van der Waals surface area contributed by atoms with Gasteiger partial charge in [0.25, 0.3) is 5.91 Å². The summed E-state index contributed by atoms with van der Waals surface area (Å²) in [6.07, 6.45) is 3.08. The van der Waals surface area contributed by atoms with Crippen molar-refractivity contribution in [1.29, 1.82) is 0 Å². The average Bonchev–Trinajstić information content (AvgIpc) is 3.29. The van der Waals surface area contributed by atoms with E-state index in [1.807, 2.05) is 24.3 Å². The van der Waals surface area contributed by atoms with E-state index in [0.29, 0.717) is 36.8 Å². The first-order valence-corrected chi connectivity index (χ1v) is 10.7. The second-order valence-corrected chi connectivity index (χ2v) is 7.44. The average molecular weight is 453 g/mol. The number of carbonyl (C=O) groups is 2. The summed E-state index contributed by atoms with van der Waals surface area (Å²) in [5.74, 6) is 0.476. The number of pyridine rings is 1. The Kier molecular flexibility index (Phi) is 6.92. The van der Waals surface area contributed by atoms with E-state index >= 15 is 0 Å². The van der Waals surface area contributed by atoms with Gasteiger partial charge in [-0.1, -0.05) is 17.3 Å². The van der Waals surface area contributed by atoms with Crippen molar-refractivity contribution in [3.63, 3.8) is 0 Å². The van der Waals surface area contributed by atoms with Crippen LogP contribution in [0.15, 0.2) is 47.8 Å². The molecule has 0 fully saturated rings. The van der Waals surface area contributed by atoms with Crippen molar-refractivity contribution in [2.75, 3.05) is 24.8 Å². The molecule has 33 heavy (non-hydrogen) atoms. The summed E-state index contributed by atoms with van der Waals surface area (Å²) in [6.45, 7) is 1.66. The van der Waals surface area contributed by atoms with Crippen molar-refractivity contribution in [1.82, 2.24) is 14.5 Å². The van der Waals surface area contributed by atoms with Crippen LogP contribution in [0.2, 0.25) is 0 Å². The predicted molar refractivity (Wildman–Crippen MR) is 119 cm³/mol. The molecular weight excluding hydrogens is 429 g/mol. The minimum absolute atomic E-state index is 0.0931. The van der Waals surface area contributed by atoms with Gasteiger partial charge < -0.3 is 14.1 Å². The van der Waals surface area contributed by atoms with E-state index in [4.69, 9.17) is 14.6 Å². The van der Waals surface area contributed by atoms with Gasteiger partial charge in [0.05, 0.1) is 29.7 Å². The van der Waals surface area contributed by atoms with Gasteiger partial charge in [0.2, 0.25) is 0 Å². The van der Waals surface area contributed by atoms with Crippen LogP contribution in [-0.4, -0.2) is 52.0 Å². The van der Waals surface area contributed by atoms with Crippen LogP contribution >= 0.6 is 0 Å². The molecule has 172 valence electrons. The van der Waals surface area contributed by atoms with Crippen molar-refractivity contribution in [2.45, 2.75) is 32.9 Å². The van der Waals surface area contributed by atoms with Crippen molar-refractivity contribution in [3.05, 3.63) is 54.0 Å². The fraction of sp³-hybridized carbons (Fsp3) is 0.348. The number of esters is 1. The SMILES string of the molecule is CC(=O)OCCCCn1c(CN2C(=O)/C(=N/OCCF)c3cccnc32)nc2ccccc21. The third-order valence-electron chi connectivity index (χ3n) is 5.18. The largest absolute Gasteiger partial charge is 0.466 e. The lowest BCUT2D eigenvalue weighted by Crippen LogP contribution is -2.31. The van der Waals surface area contributed by atoms with Gasteiger partial charge in [0.15, 0.2) is 5.71 Å². The number of carbonyl (C=O) groups excluding carboxylic acids is 2. The second kappa shape index (κ2) is 10.2. The third-order valence-corrected chi connectivity index (χ3v) is 5.18. The van der Waals surface area contributed by atoms with Crippen molar-refractivity contribution in [2.24, 2.45) is 5.16 Å². The lowest BCUT2D eigenvalue weighted by molar-refractivity contribution is -0.141. The summed E-state index contributed by atoms with van der Waals surface area (Å²) in [7, 11) is 0. The number of para-hydroxylation sites is 2. The molecule has 0 saturated heterocycles. The number of aromatic nitrogens is 3. The highest BCUT2D eigenvalue weighted by molar-refractivity contribution is 6.53. The Bertz CT molecular complexity index is 1190. The fourth-order valence-electron chi connectivity index (χ4n) is 3.74. The van der Waals surface area contributed by atoms with E-state index < -0.39 is 6.67 Å². The Morgan fingerprint density at radius 2 is 2.00 bits per heavy atom. The van der Waals surface area contributed by atoms with Crippen LogP contribution in [0, 0.1) is 0 Å². The lowest BCUT2D eigenvalue weighted by atomic mass is 10.2. The zero-order valence-electron chi connectivity index (χ0n) is 18.2. The second-order valence-electron chi connectivity index (χ2n) is 7.44. The molecule has 1 aliphatic heterocycles. The van der Waals surface area contributed by atoms with Crippen LogP contribution in [0.1, 0.15) is 31.2 Å². The Morgan fingerprint density at radius 3 is 2.82 bits per heavy atom. The number of alkyl halides is 1. The fourth-order valence-corrected chi connectivity index (χ4v) is 3.74. The number of aryl methyl sites for hydroxylation is 1. The number of rotatable bonds is 10. The molecule has 0 bridgehead atoms. The van der Waals surface area contributed by atoms with E-state index in [9.17, 15) is 14.0 Å². The van der Waals surface area contributed by atoms with Gasteiger partial charge in [-0.2, -0.15) is 0 Å². The first-order valence-electron chi connectivity index (χ1n) is 10.7. The molecule has 0 N–H and O–H groups in total. The quantitative estimate of drug-likeness (QED) is 0.266. The monoisotopic (exact) mass is 453 g/mol. The maximum absolute atomic E-state index is 13.1. The van der Waals surface area contributed by atoms with E-state index in [1.54, 1.807) is 18.3 Å². The summed E-state index contributed by atoms with van der Waals surface area (Å²) in [4.78, 5) is 39.7. The molecule has 10 heteroatoms. The van der Waals surface area contributed by atoms with Gasteiger partial charge in [-0.3, -0.25) is 14.5 Å². The molecule has 9 nitrogen and oxygen atoms in total. The molecule has 0 aliphatic carbocycles. The highest BCUT2D eigenvalue weighted by Crippen LogP contribution is 2.29. The standard InChI is InChI=1S/C23H24FN5O4/c1-16(30)32-13-5-4-12-28-19-9-3-2-8-18(19)26-20(28)15-29-22-17(7-6-11-25-22)21(23(29)31)27-33-14-10-24/h2-3,6-9,11H,4-5,10,12-15H2,1H3/b27-21+. The Hall–Kier alpha value is -3.82. The molecule has 1 aliphatic rings. The lowest BCUT2D eigenvalue weighted by Gasteiger charge is -2.17. The van der Waals surface area contributed by atoms with Gasteiger partial charge in [-0.05, 0) is 37.1 Å². The first-order chi connectivity index (χ1) is 16.1. The molecule has 4 rings (SSSR count). The number of oxime groups is 1. The van der Waals surface area contributed by atoms with Crippen LogP contribution in [-0.2, 0) is 32.3 Å². The molecule has 0 atom stereocenters. The van der Waals surface area contributed by atoms with Crippen LogP contribution in [0.25, 0.3) is 11.0 Å². The van der Waals surface area contributed by atoms with Crippen molar-refractivity contribution < 1.29 is 23.6 Å². The molecule has 0 unspecified atom stereocenters. The molecule has 0 spiro atoms. The molecule has 0 radical (unpaired) electrons. The summed E-state index contributed by atoms with van der Waals surface area (Å²) in [5.41, 5.74) is 2.40. The van der Waals surface area contributed by atoms with Gasteiger partial charge in [-0.25, -0.2) is 14.4 Å². The van der Waals surface area contributed by atoms with Crippen LogP contribution in [0.4, 0.5) is 10.2 Å². The number of hydrogen-bond donors (Lipinski definition) is 0. The van der Waals surface area contributed by atoms with Crippen molar-refractivity contribution in [3.8, 4) is 0 Å². The smallest absolute Gasteiger partial charge is 0.302 e. The molecule has 0 saturated carbocycles. The summed E-state index contributed by atoms with van der Waals surface area (Å²) in [6, 6.07) is 11.2. The predicted octanol–water partition coefficient (Wildman–Crippen LogP) is 3.01. The maximum Gasteiger partial charge on any atom is 0.302 e. The molecule has 3 aromatic rings. The molecule has 3 heterocycles. The number of amides is 1. The molecule has 2 aromatic heterocycles. The number of hydrogen-bond acceptors (Lipinski definition) is 7. The summed E-state index contributed by atoms with van der Waals surface area (Å²) >= 11 is 0. The Labute approximate surface area is 189 Å². The zero-order chi connectivity index (χ0) is 23.2. The molecule has 1 amide bonds. The van der Waals surface area contributed by atoms with E-state index in [2.05, 4.69) is 14.7 Å². The third kappa shape index (κ3) is 4.84. The number of benzene rings is 1. The van der Waals surface area contributed by atoms with Crippen LogP contribution in [0.5, 0.6) is 0 Å². The van der Waals surface area contributed by atoms with Gasteiger partial charge in [0, 0.05) is 19.7 Å². The van der Waals surface area contributed by atoms with Crippen LogP contribution < -0.4 is 4.90 Å². The number of imidazole rings is 1. The van der Waals surface area contributed by atoms with Crippen molar-refractivity contribution >= 4 is 34.4 Å². The summed E-state index contributed by atoms with van der Waals surface area (Å²) in [5, 5.41) is 3.85. The number of unbranched alkanes of at least 4 members (excludes halogenated alkanes) is 1. The zero-order valence-corrected chi connectivity index (χ0v) is 18.2. The normalized spacial score (nSPS) is 14.2. The van der Waals surface area contributed by atoms with Crippen LogP contribution in [0.3, 0.4) is 0 Å². The topological polar surface area (TPSA) is 98.9 Å². The number of halogens is 1. The number of anilines is 1. The number of nitrogens with zero attached hydrogens (tertiary/aromatic N) is 5. The minimum atomic E-state index is -0.698.